The number of pyridine rings is 1. The summed E-state index contributed by atoms with van der Waals surface area (Å²) in [5.41, 5.74) is 4.33. The maximum atomic E-state index is 6.14. The first-order valence-electron chi connectivity index (χ1n) is 6.57. The van der Waals surface area contributed by atoms with E-state index in [0.717, 1.165) is 33.7 Å². The summed E-state index contributed by atoms with van der Waals surface area (Å²) in [6.07, 6.45) is 1.83. The molecular weight excluding hydrogens is 268 g/mol. The minimum Gasteiger partial charge on any atom is -0.381 e. The number of para-hydroxylation sites is 1. The second-order valence-electron chi connectivity index (χ2n) is 4.81. The molecule has 0 fully saturated rings. The van der Waals surface area contributed by atoms with Crippen molar-refractivity contribution in [2.75, 3.05) is 5.32 Å². The highest BCUT2D eigenvalue weighted by Gasteiger charge is 2.02. The van der Waals surface area contributed by atoms with Gasteiger partial charge in [0, 0.05) is 28.8 Å². The highest BCUT2D eigenvalue weighted by atomic mass is 35.5. The van der Waals surface area contributed by atoms with Gasteiger partial charge in [-0.15, -0.1) is 0 Å². The number of benzene rings is 2. The van der Waals surface area contributed by atoms with Crippen molar-refractivity contribution >= 4 is 28.2 Å². The molecule has 0 saturated carbocycles. The van der Waals surface area contributed by atoms with Crippen LogP contribution in [0.1, 0.15) is 11.1 Å². The highest BCUT2D eigenvalue weighted by Crippen LogP contribution is 2.22. The molecule has 0 unspecified atom stereocenters. The summed E-state index contributed by atoms with van der Waals surface area (Å²) in [6.45, 7) is 2.73. The fourth-order valence-corrected chi connectivity index (χ4v) is 2.39. The predicted molar refractivity (Wildman–Crippen MR) is 85.3 cm³/mol. The van der Waals surface area contributed by atoms with E-state index in [4.69, 9.17) is 11.6 Å². The van der Waals surface area contributed by atoms with Gasteiger partial charge >= 0.3 is 0 Å². The molecule has 0 atom stereocenters. The van der Waals surface area contributed by atoms with Gasteiger partial charge in [0.05, 0.1) is 5.52 Å². The summed E-state index contributed by atoms with van der Waals surface area (Å²) in [5.74, 6) is 0. The van der Waals surface area contributed by atoms with E-state index in [2.05, 4.69) is 34.6 Å². The van der Waals surface area contributed by atoms with Crippen molar-refractivity contribution in [3.05, 3.63) is 70.9 Å². The molecule has 3 heteroatoms. The van der Waals surface area contributed by atoms with E-state index < -0.39 is 0 Å². The maximum absolute atomic E-state index is 6.14. The van der Waals surface area contributed by atoms with Crippen molar-refractivity contribution in [2.45, 2.75) is 13.5 Å². The first-order chi connectivity index (χ1) is 9.74. The normalized spacial score (nSPS) is 10.7. The first kappa shape index (κ1) is 12.9. The van der Waals surface area contributed by atoms with Crippen LogP contribution in [-0.2, 0) is 6.54 Å². The van der Waals surface area contributed by atoms with Crippen LogP contribution < -0.4 is 5.32 Å². The smallest absolute Gasteiger partial charge is 0.0751 e. The van der Waals surface area contributed by atoms with Crippen LogP contribution >= 0.6 is 11.6 Å². The number of rotatable bonds is 3. The summed E-state index contributed by atoms with van der Waals surface area (Å²) in [6, 6.07) is 16.3. The van der Waals surface area contributed by atoms with Crippen molar-refractivity contribution in [2.24, 2.45) is 0 Å². The van der Waals surface area contributed by atoms with Gasteiger partial charge in [-0.05, 0) is 36.2 Å². The van der Waals surface area contributed by atoms with E-state index in [1.54, 1.807) is 0 Å². The molecule has 1 N–H and O–H groups in total. The summed E-state index contributed by atoms with van der Waals surface area (Å²) in [5, 5.41) is 5.34. The molecule has 0 spiro atoms. The minimum absolute atomic E-state index is 0.730. The van der Waals surface area contributed by atoms with E-state index in [0.29, 0.717) is 0 Å². The number of anilines is 1. The van der Waals surface area contributed by atoms with Gasteiger partial charge in [-0.25, -0.2) is 0 Å². The Balaban J connectivity index is 1.85. The van der Waals surface area contributed by atoms with Gasteiger partial charge in [0.1, 0.15) is 0 Å². The Morgan fingerprint density at radius 3 is 2.80 bits per heavy atom. The molecule has 0 aliphatic heterocycles. The van der Waals surface area contributed by atoms with Crippen molar-refractivity contribution in [1.82, 2.24) is 4.98 Å². The van der Waals surface area contributed by atoms with Crippen LogP contribution in [-0.4, -0.2) is 4.98 Å². The number of halogens is 1. The fraction of sp³-hybridized carbons (Fsp3) is 0.118. The molecule has 0 saturated heterocycles. The largest absolute Gasteiger partial charge is 0.381 e. The molecule has 100 valence electrons. The van der Waals surface area contributed by atoms with Crippen LogP contribution in [0.3, 0.4) is 0 Å². The minimum atomic E-state index is 0.730. The van der Waals surface area contributed by atoms with E-state index in [1.807, 2.05) is 37.4 Å². The fourth-order valence-electron chi connectivity index (χ4n) is 2.21. The summed E-state index contributed by atoms with van der Waals surface area (Å²) >= 11 is 6.14. The molecule has 1 aromatic heterocycles. The molecule has 0 bridgehead atoms. The van der Waals surface area contributed by atoms with Crippen LogP contribution in [0.5, 0.6) is 0 Å². The Bertz CT molecular complexity index is 748. The molecule has 0 aliphatic carbocycles. The van der Waals surface area contributed by atoms with Crippen LogP contribution in [0.25, 0.3) is 10.9 Å². The molecular formula is C17H15ClN2. The average Bonchev–Trinajstić information content (AvgIpc) is 2.48. The van der Waals surface area contributed by atoms with E-state index in [1.165, 1.54) is 5.56 Å². The number of fused-ring (bicyclic) bond motifs is 1. The second-order valence-corrected chi connectivity index (χ2v) is 5.22. The lowest BCUT2D eigenvalue weighted by Crippen LogP contribution is -2.01. The lowest BCUT2D eigenvalue weighted by atomic mass is 10.1. The zero-order valence-corrected chi connectivity index (χ0v) is 12.0. The lowest BCUT2D eigenvalue weighted by molar-refractivity contribution is 1.15. The van der Waals surface area contributed by atoms with E-state index in [-0.39, 0.29) is 0 Å². The third-order valence-electron chi connectivity index (χ3n) is 3.37. The number of aromatic nitrogens is 1. The second kappa shape index (κ2) is 5.51. The van der Waals surface area contributed by atoms with Crippen LogP contribution in [0.4, 0.5) is 5.69 Å². The molecule has 20 heavy (non-hydrogen) atoms. The van der Waals surface area contributed by atoms with Crippen LogP contribution in [0.2, 0.25) is 5.02 Å². The van der Waals surface area contributed by atoms with Gasteiger partial charge in [-0.2, -0.15) is 0 Å². The summed E-state index contributed by atoms with van der Waals surface area (Å²) < 4.78 is 0. The highest BCUT2D eigenvalue weighted by molar-refractivity contribution is 6.31. The number of nitrogens with zero attached hydrogens (tertiary/aromatic N) is 1. The molecule has 0 amide bonds. The quantitative estimate of drug-likeness (QED) is 0.746. The Morgan fingerprint density at radius 1 is 1.10 bits per heavy atom. The molecule has 3 rings (SSSR count). The van der Waals surface area contributed by atoms with Crippen LogP contribution in [0.15, 0.2) is 54.7 Å². The standard InChI is InChI=1S/C17H15ClN2/c1-12-7-8-15(10-16(12)18)20-11-14-5-2-4-13-6-3-9-19-17(13)14/h2-10,20H,11H2,1H3. The monoisotopic (exact) mass is 282 g/mol. The number of hydrogen-bond acceptors (Lipinski definition) is 2. The Hall–Kier alpha value is -2.06. The zero-order valence-electron chi connectivity index (χ0n) is 11.2. The Morgan fingerprint density at radius 2 is 1.95 bits per heavy atom. The Labute approximate surface area is 123 Å². The van der Waals surface area contributed by atoms with Crippen molar-refractivity contribution < 1.29 is 0 Å². The first-order valence-corrected chi connectivity index (χ1v) is 6.94. The average molecular weight is 283 g/mol. The third-order valence-corrected chi connectivity index (χ3v) is 3.78. The molecule has 0 radical (unpaired) electrons. The van der Waals surface area contributed by atoms with Crippen molar-refractivity contribution in [3.63, 3.8) is 0 Å². The van der Waals surface area contributed by atoms with Crippen molar-refractivity contribution in [1.29, 1.82) is 0 Å². The van der Waals surface area contributed by atoms with E-state index >= 15 is 0 Å². The van der Waals surface area contributed by atoms with Gasteiger partial charge < -0.3 is 5.32 Å². The number of aryl methyl sites for hydroxylation is 1. The molecule has 1 heterocycles. The zero-order chi connectivity index (χ0) is 13.9. The predicted octanol–water partition coefficient (Wildman–Crippen LogP) is 4.81. The molecule has 0 aliphatic rings. The van der Waals surface area contributed by atoms with E-state index in [9.17, 15) is 0 Å². The topological polar surface area (TPSA) is 24.9 Å². The number of nitrogens with one attached hydrogen (secondary N) is 1. The van der Waals surface area contributed by atoms with Gasteiger partial charge in [-0.1, -0.05) is 41.9 Å². The lowest BCUT2D eigenvalue weighted by Gasteiger charge is -2.09. The number of hydrogen-bond donors (Lipinski definition) is 1. The van der Waals surface area contributed by atoms with Gasteiger partial charge in [-0.3, -0.25) is 4.98 Å². The molecule has 2 aromatic carbocycles. The van der Waals surface area contributed by atoms with Gasteiger partial charge in [0.25, 0.3) is 0 Å². The summed E-state index contributed by atoms with van der Waals surface area (Å²) in [7, 11) is 0. The summed E-state index contributed by atoms with van der Waals surface area (Å²) in [4.78, 5) is 4.46. The van der Waals surface area contributed by atoms with Gasteiger partial charge in [0.2, 0.25) is 0 Å². The van der Waals surface area contributed by atoms with Crippen LogP contribution in [0, 0.1) is 6.92 Å². The maximum Gasteiger partial charge on any atom is 0.0751 e. The molecule has 3 aromatic rings. The van der Waals surface area contributed by atoms with Crippen molar-refractivity contribution in [3.8, 4) is 0 Å². The SMILES string of the molecule is Cc1ccc(NCc2cccc3cccnc23)cc1Cl. The van der Waals surface area contributed by atoms with Gasteiger partial charge in [0.15, 0.2) is 0 Å². The Kier molecular flexibility index (Phi) is 3.57. The third kappa shape index (κ3) is 2.61. The molecule has 2 nitrogen and oxygen atoms in total.